The summed E-state index contributed by atoms with van der Waals surface area (Å²) >= 11 is 0. The molecular formula is C14H20O4S. The second-order valence-electron chi connectivity index (χ2n) is 5.15. The molecule has 0 spiro atoms. The van der Waals surface area contributed by atoms with E-state index in [0.29, 0.717) is 10.6 Å². The van der Waals surface area contributed by atoms with Gasteiger partial charge in [0.1, 0.15) is 16.6 Å². The van der Waals surface area contributed by atoms with Crippen LogP contribution in [0, 0.1) is 0 Å². The summed E-state index contributed by atoms with van der Waals surface area (Å²) in [5, 5.41) is -0.701. The summed E-state index contributed by atoms with van der Waals surface area (Å²) in [4.78, 5) is 12.4. The lowest BCUT2D eigenvalue weighted by atomic mass is 10.2. The van der Waals surface area contributed by atoms with Gasteiger partial charge in [-0.25, -0.2) is 0 Å². The predicted molar refractivity (Wildman–Crippen MR) is 74.7 cm³/mol. The third-order valence-corrected chi connectivity index (χ3v) is 3.92. The molecule has 0 saturated heterocycles. The first kappa shape index (κ1) is 15.7. The van der Waals surface area contributed by atoms with Crippen molar-refractivity contribution in [1.82, 2.24) is 0 Å². The molecule has 0 bridgehead atoms. The minimum Gasteiger partial charge on any atom is -0.497 e. The lowest BCUT2D eigenvalue weighted by Gasteiger charge is -2.22. The van der Waals surface area contributed by atoms with E-state index in [0.717, 1.165) is 0 Å². The predicted octanol–water partition coefficient (Wildman–Crippen LogP) is 2.53. The number of ether oxygens (including phenoxy) is 2. The molecule has 0 aromatic heterocycles. The van der Waals surface area contributed by atoms with Gasteiger partial charge in [-0.2, -0.15) is 0 Å². The molecule has 0 N–H and O–H groups in total. The minimum absolute atomic E-state index is 0.457. The van der Waals surface area contributed by atoms with E-state index in [9.17, 15) is 9.00 Å². The highest BCUT2D eigenvalue weighted by Crippen LogP contribution is 2.18. The molecule has 0 amide bonds. The van der Waals surface area contributed by atoms with Crippen molar-refractivity contribution in [2.75, 3.05) is 7.11 Å². The van der Waals surface area contributed by atoms with Crippen molar-refractivity contribution in [3.8, 4) is 5.75 Å². The van der Waals surface area contributed by atoms with E-state index in [1.165, 1.54) is 0 Å². The van der Waals surface area contributed by atoms with Crippen LogP contribution in [0.25, 0.3) is 0 Å². The van der Waals surface area contributed by atoms with Crippen LogP contribution in [0.15, 0.2) is 29.2 Å². The van der Waals surface area contributed by atoms with Crippen LogP contribution in [0.4, 0.5) is 0 Å². The highest BCUT2D eigenvalue weighted by molar-refractivity contribution is 7.86. The molecule has 19 heavy (non-hydrogen) atoms. The van der Waals surface area contributed by atoms with Gasteiger partial charge in [-0.1, -0.05) is 0 Å². The summed E-state index contributed by atoms with van der Waals surface area (Å²) in [5.41, 5.74) is -0.574. The summed E-state index contributed by atoms with van der Waals surface area (Å²) in [6.07, 6.45) is 0. The summed E-state index contributed by atoms with van der Waals surface area (Å²) in [7, 11) is 0.131. The molecule has 1 aromatic carbocycles. The highest BCUT2D eigenvalue weighted by Gasteiger charge is 2.26. The third-order valence-electron chi connectivity index (χ3n) is 2.35. The van der Waals surface area contributed by atoms with Crippen LogP contribution in [0.2, 0.25) is 0 Å². The number of carbonyl (C=O) groups is 1. The topological polar surface area (TPSA) is 52.6 Å². The zero-order valence-electron chi connectivity index (χ0n) is 11.9. The largest absolute Gasteiger partial charge is 0.497 e. The van der Waals surface area contributed by atoms with Gasteiger partial charge >= 0.3 is 5.97 Å². The molecule has 1 rings (SSSR count). The number of benzene rings is 1. The van der Waals surface area contributed by atoms with E-state index >= 15 is 0 Å². The average Bonchev–Trinajstić information content (AvgIpc) is 2.35. The Morgan fingerprint density at radius 3 is 2.16 bits per heavy atom. The number of rotatable bonds is 4. The van der Waals surface area contributed by atoms with Gasteiger partial charge in [0.05, 0.1) is 17.9 Å². The summed E-state index contributed by atoms with van der Waals surface area (Å²) < 4.78 is 22.5. The quantitative estimate of drug-likeness (QED) is 0.797. The molecule has 0 aliphatic rings. The van der Waals surface area contributed by atoms with Gasteiger partial charge in [0.25, 0.3) is 0 Å². The van der Waals surface area contributed by atoms with Gasteiger partial charge in [-0.05, 0) is 52.0 Å². The average molecular weight is 284 g/mol. The Morgan fingerprint density at radius 2 is 1.74 bits per heavy atom. The fourth-order valence-electron chi connectivity index (χ4n) is 1.39. The standard InChI is InChI=1S/C14H20O4S/c1-10(13(15)18-14(2,3)4)19(16)12-8-6-11(17-5)7-9-12/h6-10H,1-5H3. The van der Waals surface area contributed by atoms with Crippen molar-refractivity contribution in [3.63, 3.8) is 0 Å². The van der Waals surface area contributed by atoms with E-state index in [1.54, 1.807) is 59.1 Å². The third kappa shape index (κ3) is 4.67. The number of esters is 1. The zero-order valence-corrected chi connectivity index (χ0v) is 12.7. The molecule has 1 aromatic rings. The second kappa shape index (κ2) is 6.19. The molecule has 0 saturated carbocycles. The first-order valence-electron chi connectivity index (χ1n) is 6.02. The summed E-state index contributed by atoms with van der Waals surface area (Å²) in [6, 6.07) is 6.82. The molecule has 4 nitrogen and oxygen atoms in total. The van der Waals surface area contributed by atoms with Crippen LogP contribution >= 0.6 is 0 Å². The van der Waals surface area contributed by atoms with Crippen LogP contribution in [0.3, 0.4) is 0 Å². The summed E-state index contributed by atoms with van der Waals surface area (Å²) in [5.74, 6) is 0.229. The van der Waals surface area contributed by atoms with Crippen LogP contribution in [-0.4, -0.2) is 28.1 Å². The molecule has 0 fully saturated rings. The Kier molecular flexibility index (Phi) is 5.11. The lowest BCUT2D eigenvalue weighted by Crippen LogP contribution is -2.32. The van der Waals surface area contributed by atoms with Gasteiger partial charge < -0.3 is 9.47 Å². The Bertz CT molecular complexity index is 459. The number of hydrogen-bond acceptors (Lipinski definition) is 4. The zero-order chi connectivity index (χ0) is 14.6. The SMILES string of the molecule is COc1ccc(S(=O)C(C)C(=O)OC(C)(C)C)cc1. The molecule has 2 unspecified atom stereocenters. The Balaban J connectivity index is 2.78. The Labute approximate surface area is 116 Å². The smallest absolute Gasteiger partial charge is 0.322 e. The van der Waals surface area contributed by atoms with Crippen LogP contribution < -0.4 is 4.74 Å². The van der Waals surface area contributed by atoms with Gasteiger partial charge in [-0.3, -0.25) is 9.00 Å². The van der Waals surface area contributed by atoms with Crippen molar-refractivity contribution in [1.29, 1.82) is 0 Å². The first-order chi connectivity index (χ1) is 8.74. The molecular weight excluding hydrogens is 264 g/mol. The fraction of sp³-hybridized carbons (Fsp3) is 0.500. The Hall–Kier alpha value is -1.36. The monoisotopic (exact) mass is 284 g/mol. The second-order valence-corrected chi connectivity index (χ2v) is 6.92. The lowest BCUT2D eigenvalue weighted by molar-refractivity contribution is -0.153. The molecule has 0 aliphatic heterocycles. The minimum atomic E-state index is -1.43. The molecule has 2 atom stereocenters. The van der Waals surface area contributed by atoms with E-state index in [2.05, 4.69) is 0 Å². The van der Waals surface area contributed by atoms with Crippen molar-refractivity contribution in [2.45, 2.75) is 43.4 Å². The molecule has 5 heteroatoms. The van der Waals surface area contributed by atoms with Gasteiger partial charge in [0.2, 0.25) is 0 Å². The number of carbonyl (C=O) groups excluding carboxylic acids is 1. The Morgan fingerprint density at radius 1 is 1.21 bits per heavy atom. The molecule has 106 valence electrons. The van der Waals surface area contributed by atoms with Gasteiger partial charge in [0, 0.05) is 4.90 Å². The number of methoxy groups -OCH3 is 1. The van der Waals surface area contributed by atoms with Crippen molar-refractivity contribution in [2.24, 2.45) is 0 Å². The van der Waals surface area contributed by atoms with E-state index in [1.807, 2.05) is 0 Å². The van der Waals surface area contributed by atoms with Crippen LogP contribution in [0.1, 0.15) is 27.7 Å². The van der Waals surface area contributed by atoms with Crippen molar-refractivity contribution < 1.29 is 18.5 Å². The normalized spacial score (nSPS) is 14.6. The maximum atomic E-state index is 12.2. The van der Waals surface area contributed by atoms with E-state index in [-0.39, 0.29) is 0 Å². The number of hydrogen-bond donors (Lipinski definition) is 0. The molecule has 0 radical (unpaired) electrons. The van der Waals surface area contributed by atoms with Crippen molar-refractivity contribution >= 4 is 16.8 Å². The molecule has 0 aliphatic carbocycles. The first-order valence-corrected chi connectivity index (χ1v) is 7.23. The summed E-state index contributed by atoms with van der Waals surface area (Å²) in [6.45, 7) is 6.96. The highest BCUT2D eigenvalue weighted by atomic mass is 32.2. The van der Waals surface area contributed by atoms with E-state index < -0.39 is 27.6 Å². The maximum absolute atomic E-state index is 12.2. The van der Waals surface area contributed by atoms with Crippen LogP contribution in [0.5, 0.6) is 5.75 Å². The fourth-order valence-corrected chi connectivity index (χ4v) is 2.42. The van der Waals surface area contributed by atoms with Crippen molar-refractivity contribution in [3.05, 3.63) is 24.3 Å². The molecule has 0 heterocycles. The van der Waals surface area contributed by atoms with Gasteiger partial charge in [0.15, 0.2) is 0 Å². The van der Waals surface area contributed by atoms with Gasteiger partial charge in [-0.15, -0.1) is 0 Å². The van der Waals surface area contributed by atoms with Crippen LogP contribution in [-0.2, 0) is 20.3 Å². The van der Waals surface area contributed by atoms with E-state index in [4.69, 9.17) is 9.47 Å². The maximum Gasteiger partial charge on any atom is 0.322 e.